The maximum atomic E-state index is 12.5. The van der Waals surface area contributed by atoms with E-state index in [4.69, 9.17) is 11.2 Å². The molecule has 6 heteroatoms. The van der Waals surface area contributed by atoms with Gasteiger partial charge in [-0.3, -0.25) is 0 Å². The first-order chi connectivity index (χ1) is 7.97. The number of aromatic nitrogens is 1. The average molecular weight is 244 g/mol. The number of hydrogen-bond donors (Lipinski definition) is 1. The van der Waals surface area contributed by atoms with E-state index in [-0.39, 0.29) is 18.3 Å². The summed E-state index contributed by atoms with van der Waals surface area (Å²) in [6.07, 6.45) is 0.886. The minimum Gasteiger partial charge on any atom is -0.477 e. The Morgan fingerprint density at radius 2 is 2.18 bits per heavy atom. The fourth-order valence-electron chi connectivity index (χ4n) is 1.09. The predicted octanol–water partition coefficient (Wildman–Crippen LogP) is 2.54. The smallest absolute Gasteiger partial charge is 0.416 e. The molecule has 0 bridgehead atoms. The Kier molecular flexibility index (Phi) is 4.21. The van der Waals surface area contributed by atoms with Gasteiger partial charge >= 0.3 is 6.18 Å². The van der Waals surface area contributed by atoms with E-state index in [1.165, 1.54) is 7.05 Å². The van der Waals surface area contributed by atoms with E-state index in [2.05, 4.69) is 16.2 Å². The van der Waals surface area contributed by atoms with Gasteiger partial charge in [-0.2, -0.15) is 18.2 Å². The van der Waals surface area contributed by atoms with Gasteiger partial charge in [0.15, 0.2) is 0 Å². The highest BCUT2D eigenvalue weighted by Gasteiger charge is 2.31. The highest BCUT2D eigenvalue weighted by molar-refractivity contribution is 5.42. The van der Waals surface area contributed by atoms with Crippen LogP contribution in [0.5, 0.6) is 5.88 Å². The summed E-state index contributed by atoms with van der Waals surface area (Å²) in [5, 5.41) is 2.54. The number of anilines is 1. The summed E-state index contributed by atoms with van der Waals surface area (Å²) in [4.78, 5) is 3.84. The molecule has 3 nitrogen and oxygen atoms in total. The van der Waals surface area contributed by atoms with Gasteiger partial charge in [0.2, 0.25) is 5.88 Å². The molecule has 17 heavy (non-hydrogen) atoms. The van der Waals surface area contributed by atoms with Crippen molar-refractivity contribution in [3.63, 3.8) is 0 Å². The summed E-state index contributed by atoms with van der Waals surface area (Å²) in [5.74, 6) is 2.32. The molecule has 0 aliphatic carbocycles. The molecule has 0 radical (unpaired) electrons. The van der Waals surface area contributed by atoms with E-state index >= 15 is 0 Å². The molecule has 0 saturated heterocycles. The topological polar surface area (TPSA) is 34.1 Å². The zero-order valence-electron chi connectivity index (χ0n) is 9.14. The highest BCUT2D eigenvalue weighted by Crippen LogP contribution is 2.32. The van der Waals surface area contributed by atoms with Gasteiger partial charge in [-0.25, -0.2) is 0 Å². The molecule has 0 amide bonds. The number of nitrogens with zero attached hydrogens (tertiary/aromatic N) is 1. The quantitative estimate of drug-likeness (QED) is 0.652. The van der Waals surface area contributed by atoms with E-state index < -0.39 is 11.7 Å². The van der Waals surface area contributed by atoms with Gasteiger partial charge in [0.25, 0.3) is 0 Å². The van der Waals surface area contributed by atoms with Crippen LogP contribution in [0.25, 0.3) is 0 Å². The molecule has 0 fully saturated rings. The largest absolute Gasteiger partial charge is 0.477 e. The van der Waals surface area contributed by atoms with Gasteiger partial charge in [-0.1, -0.05) is 0 Å². The first kappa shape index (κ1) is 13.2. The van der Waals surface area contributed by atoms with Crippen LogP contribution in [0, 0.1) is 12.3 Å². The average Bonchev–Trinajstić information content (AvgIpc) is 2.28. The molecule has 0 saturated carbocycles. The molecule has 1 rings (SSSR count). The maximum absolute atomic E-state index is 12.5. The van der Waals surface area contributed by atoms with Crippen molar-refractivity contribution in [2.45, 2.75) is 12.6 Å². The number of hydrogen-bond acceptors (Lipinski definition) is 3. The Morgan fingerprint density at radius 3 is 2.71 bits per heavy atom. The van der Waals surface area contributed by atoms with Crippen LogP contribution in [-0.2, 0) is 6.18 Å². The normalized spacial score (nSPS) is 10.8. The molecule has 1 aromatic rings. The van der Waals surface area contributed by atoms with E-state index in [0.717, 1.165) is 12.1 Å². The summed E-state index contributed by atoms with van der Waals surface area (Å²) in [6, 6.07) is 1.76. The fourth-order valence-corrected chi connectivity index (χ4v) is 1.09. The lowest BCUT2D eigenvalue weighted by atomic mass is 10.2. The summed E-state index contributed by atoms with van der Waals surface area (Å²) >= 11 is 0. The van der Waals surface area contributed by atoms with Gasteiger partial charge in [-0.05, 0) is 6.07 Å². The minimum atomic E-state index is -4.43. The predicted molar refractivity (Wildman–Crippen MR) is 57.7 cm³/mol. The second kappa shape index (κ2) is 5.43. The summed E-state index contributed by atoms with van der Waals surface area (Å²) < 4.78 is 42.6. The van der Waals surface area contributed by atoms with Crippen molar-refractivity contribution in [1.29, 1.82) is 0 Å². The molecule has 0 aliphatic rings. The Balaban J connectivity index is 2.94. The molecule has 0 aromatic carbocycles. The van der Waals surface area contributed by atoms with Crippen LogP contribution in [-0.4, -0.2) is 18.6 Å². The number of rotatable bonds is 4. The summed E-state index contributed by atoms with van der Waals surface area (Å²) in [6.45, 7) is 0.133. The Labute approximate surface area is 97.0 Å². The van der Waals surface area contributed by atoms with Crippen molar-refractivity contribution in [3.8, 4) is 18.2 Å². The summed E-state index contributed by atoms with van der Waals surface area (Å²) in [5.41, 5.74) is -0.812. The number of terminal acetylenes is 1. The second-order valence-electron chi connectivity index (χ2n) is 3.13. The minimum absolute atomic E-state index is 0.0931. The van der Waals surface area contributed by atoms with Crippen LogP contribution in [0.3, 0.4) is 0 Å². The Bertz CT molecular complexity index is 424. The third-order valence-corrected chi connectivity index (χ3v) is 1.88. The SMILES string of the molecule is C#CCCOc1cc(C(F)(F)F)cc(NC)n1. The van der Waals surface area contributed by atoms with Gasteiger partial charge in [0.1, 0.15) is 12.4 Å². The van der Waals surface area contributed by atoms with Crippen LogP contribution in [0.2, 0.25) is 0 Å². The van der Waals surface area contributed by atoms with E-state index in [9.17, 15) is 13.2 Å². The Hall–Kier alpha value is -1.90. The monoisotopic (exact) mass is 244 g/mol. The molecule has 0 spiro atoms. The molecular formula is C11H11F3N2O. The molecule has 1 N–H and O–H groups in total. The highest BCUT2D eigenvalue weighted by atomic mass is 19.4. The van der Waals surface area contributed by atoms with E-state index in [0.29, 0.717) is 6.42 Å². The van der Waals surface area contributed by atoms with Crippen molar-refractivity contribution in [2.75, 3.05) is 19.0 Å². The van der Waals surface area contributed by atoms with Gasteiger partial charge < -0.3 is 10.1 Å². The number of nitrogens with one attached hydrogen (secondary N) is 1. The van der Waals surface area contributed by atoms with Gasteiger partial charge in [-0.15, -0.1) is 12.3 Å². The first-order valence-electron chi connectivity index (χ1n) is 4.80. The van der Waals surface area contributed by atoms with Crippen LogP contribution < -0.4 is 10.1 Å². The van der Waals surface area contributed by atoms with Crippen molar-refractivity contribution >= 4 is 5.82 Å². The third kappa shape index (κ3) is 3.87. The number of pyridine rings is 1. The lowest BCUT2D eigenvalue weighted by molar-refractivity contribution is -0.137. The molecular weight excluding hydrogens is 233 g/mol. The van der Waals surface area contributed by atoms with Gasteiger partial charge in [0, 0.05) is 19.5 Å². The standard InChI is InChI=1S/C11H11F3N2O/c1-3-4-5-17-10-7-8(11(12,13)14)6-9(15-2)16-10/h1,6-7H,4-5H2,2H3,(H,15,16). The van der Waals surface area contributed by atoms with Crippen molar-refractivity contribution in [1.82, 2.24) is 4.98 Å². The second-order valence-corrected chi connectivity index (χ2v) is 3.13. The molecule has 0 aliphatic heterocycles. The molecule has 1 aromatic heterocycles. The van der Waals surface area contributed by atoms with Crippen molar-refractivity contribution in [3.05, 3.63) is 17.7 Å². The first-order valence-corrected chi connectivity index (χ1v) is 4.80. The lowest BCUT2D eigenvalue weighted by Gasteiger charge is -2.11. The number of alkyl halides is 3. The van der Waals surface area contributed by atoms with E-state index in [1.807, 2.05) is 0 Å². The van der Waals surface area contributed by atoms with Crippen LogP contribution in [0.15, 0.2) is 12.1 Å². The van der Waals surface area contributed by atoms with Crippen LogP contribution >= 0.6 is 0 Å². The van der Waals surface area contributed by atoms with Crippen LogP contribution in [0.1, 0.15) is 12.0 Å². The zero-order chi connectivity index (χ0) is 12.9. The summed E-state index contributed by atoms with van der Waals surface area (Å²) in [7, 11) is 1.48. The molecule has 92 valence electrons. The maximum Gasteiger partial charge on any atom is 0.416 e. The Morgan fingerprint density at radius 1 is 1.47 bits per heavy atom. The number of halogens is 3. The number of ether oxygens (including phenoxy) is 1. The molecule has 0 unspecified atom stereocenters. The van der Waals surface area contributed by atoms with Gasteiger partial charge in [0.05, 0.1) is 5.56 Å². The van der Waals surface area contributed by atoms with Crippen LogP contribution in [0.4, 0.5) is 19.0 Å². The van der Waals surface area contributed by atoms with Crippen molar-refractivity contribution in [2.24, 2.45) is 0 Å². The molecule has 0 atom stereocenters. The fraction of sp³-hybridized carbons (Fsp3) is 0.364. The molecule has 1 heterocycles. The van der Waals surface area contributed by atoms with Crippen molar-refractivity contribution < 1.29 is 17.9 Å². The van der Waals surface area contributed by atoms with E-state index in [1.54, 1.807) is 0 Å². The lowest BCUT2D eigenvalue weighted by Crippen LogP contribution is -2.08. The zero-order valence-corrected chi connectivity index (χ0v) is 9.14. The third-order valence-electron chi connectivity index (χ3n) is 1.88.